The molecular formula is C18H23N3. The average Bonchev–Trinajstić information content (AvgIpc) is 2.53. The molecule has 0 bridgehead atoms. The lowest BCUT2D eigenvalue weighted by molar-refractivity contribution is 0.133. The first-order valence-corrected chi connectivity index (χ1v) is 7.71. The lowest BCUT2D eigenvalue weighted by Gasteiger charge is -2.39. The van der Waals surface area contributed by atoms with Crippen LogP contribution in [0.4, 0.5) is 0 Å². The van der Waals surface area contributed by atoms with Gasteiger partial charge >= 0.3 is 0 Å². The molecule has 2 unspecified atom stereocenters. The predicted octanol–water partition coefficient (Wildman–Crippen LogP) is 2.49. The predicted molar refractivity (Wildman–Crippen MR) is 86.0 cm³/mol. The van der Waals surface area contributed by atoms with Crippen LogP contribution >= 0.6 is 0 Å². The number of nitrogens with zero attached hydrogens (tertiary/aromatic N) is 2. The zero-order valence-electron chi connectivity index (χ0n) is 12.6. The molecule has 0 amide bonds. The van der Waals surface area contributed by atoms with Crippen LogP contribution in [0.25, 0.3) is 0 Å². The smallest absolute Gasteiger partial charge is 0.0271 e. The first-order valence-electron chi connectivity index (χ1n) is 7.71. The Bertz CT molecular complexity index is 541. The van der Waals surface area contributed by atoms with Crippen LogP contribution < -0.4 is 5.32 Å². The monoisotopic (exact) mass is 281 g/mol. The summed E-state index contributed by atoms with van der Waals surface area (Å²) in [4.78, 5) is 6.67. The van der Waals surface area contributed by atoms with Gasteiger partial charge in [-0.15, -0.1) is 0 Å². The number of hydrogen-bond acceptors (Lipinski definition) is 3. The Labute approximate surface area is 127 Å². The first kappa shape index (κ1) is 14.2. The summed E-state index contributed by atoms with van der Waals surface area (Å²) in [5, 5.41) is 3.68. The maximum absolute atomic E-state index is 4.10. The van der Waals surface area contributed by atoms with Crippen molar-refractivity contribution < 1.29 is 0 Å². The first-order chi connectivity index (χ1) is 10.3. The molecule has 3 nitrogen and oxygen atoms in total. The second-order valence-corrected chi connectivity index (χ2v) is 5.93. The van der Waals surface area contributed by atoms with Crippen LogP contribution in [-0.2, 0) is 13.0 Å². The van der Waals surface area contributed by atoms with Gasteiger partial charge in [0.05, 0.1) is 0 Å². The number of benzene rings is 1. The van der Waals surface area contributed by atoms with Gasteiger partial charge < -0.3 is 5.32 Å². The molecule has 1 aromatic carbocycles. The van der Waals surface area contributed by atoms with E-state index in [2.05, 4.69) is 64.6 Å². The van der Waals surface area contributed by atoms with Crippen LogP contribution in [0.1, 0.15) is 18.1 Å². The largest absolute Gasteiger partial charge is 0.311 e. The molecule has 1 aliphatic rings. The van der Waals surface area contributed by atoms with Crippen LogP contribution in [0.2, 0.25) is 0 Å². The molecule has 1 N–H and O–H groups in total. The molecule has 1 fully saturated rings. The van der Waals surface area contributed by atoms with E-state index in [1.165, 1.54) is 11.1 Å². The van der Waals surface area contributed by atoms with Crippen molar-refractivity contribution >= 4 is 0 Å². The van der Waals surface area contributed by atoms with E-state index in [1.54, 1.807) is 0 Å². The summed E-state index contributed by atoms with van der Waals surface area (Å²) < 4.78 is 0. The quantitative estimate of drug-likeness (QED) is 0.933. The molecule has 3 rings (SSSR count). The minimum absolute atomic E-state index is 0.533. The third-order valence-corrected chi connectivity index (χ3v) is 4.24. The van der Waals surface area contributed by atoms with Gasteiger partial charge in [0, 0.05) is 44.1 Å². The highest BCUT2D eigenvalue weighted by molar-refractivity contribution is 5.16. The number of nitrogens with one attached hydrogen (secondary N) is 1. The average molecular weight is 281 g/mol. The molecule has 0 aliphatic carbocycles. The molecule has 3 heteroatoms. The molecule has 0 spiro atoms. The van der Waals surface area contributed by atoms with Crippen molar-refractivity contribution in [3.8, 4) is 0 Å². The van der Waals surface area contributed by atoms with E-state index in [1.807, 2.05) is 12.4 Å². The van der Waals surface area contributed by atoms with Gasteiger partial charge in [0.2, 0.25) is 0 Å². The van der Waals surface area contributed by atoms with Gasteiger partial charge in [0.25, 0.3) is 0 Å². The second kappa shape index (κ2) is 6.83. The zero-order chi connectivity index (χ0) is 14.5. The number of pyridine rings is 1. The molecule has 1 aromatic heterocycles. The summed E-state index contributed by atoms with van der Waals surface area (Å²) in [5.41, 5.74) is 2.76. The van der Waals surface area contributed by atoms with Gasteiger partial charge in [0.15, 0.2) is 0 Å². The summed E-state index contributed by atoms with van der Waals surface area (Å²) in [7, 11) is 0. The molecular weight excluding hydrogens is 258 g/mol. The Hall–Kier alpha value is -1.71. The maximum atomic E-state index is 4.10. The number of piperazine rings is 1. The van der Waals surface area contributed by atoms with Gasteiger partial charge in [0.1, 0.15) is 0 Å². The lowest BCUT2D eigenvalue weighted by atomic mass is 10.0. The van der Waals surface area contributed by atoms with Crippen LogP contribution in [0.3, 0.4) is 0 Å². The van der Waals surface area contributed by atoms with Crippen LogP contribution in [0.5, 0.6) is 0 Å². The summed E-state index contributed by atoms with van der Waals surface area (Å²) in [6, 6.07) is 16.1. The van der Waals surface area contributed by atoms with Crippen molar-refractivity contribution in [2.45, 2.75) is 32.0 Å². The van der Waals surface area contributed by atoms with Gasteiger partial charge in [-0.3, -0.25) is 9.88 Å². The number of rotatable bonds is 4. The third-order valence-electron chi connectivity index (χ3n) is 4.24. The van der Waals surface area contributed by atoms with E-state index < -0.39 is 0 Å². The highest BCUT2D eigenvalue weighted by Crippen LogP contribution is 2.14. The maximum Gasteiger partial charge on any atom is 0.0271 e. The fourth-order valence-electron chi connectivity index (χ4n) is 2.97. The van der Waals surface area contributed by atoms with E-state index in [9.17, 15) is 0 Å². The van der Waals surface area contributed by atoms with Crippen molar-refractivity contribution in [1.82, 2.24) is 15.2 Å². The van der Waals surface area contributed by atoms with Crippen LogP contribution in [0.15, 0.2) is 54.9 Å². The molecule has 2 atom stereocenters. The van der Waals surface area contributed by atoms with Crippen molar-refractivity contribution in [2.24, 2.45) is 0 Å². The molecule has 110 valence electrons. The SMILES string of the molecule is CC1CNC(Cc2ccccc2)CN1Cc1ccncc1. The van der Waals surface area contributed by atoms with Crippen molar-refractivity contribution in [1.29, 1.82) is 0 Å². The van der Waals surface area contributed by atoms with E-state index in [-0.39, 0.29) is 0 Å². The van der Waals surface area contributed by atoms with Crippen molar-refractivity contribution in [3.05, 3.63) is 66.0 Å². The van der Waals surface area contributed by atoms with E-state index in [4.69, 9.17) is 0 Å². The van der Waals surface area contributed by atoms with Gasteiger partial charge in [-0.2, -0.15) is 0 Å². The summed E-state index contributed by atoms with van der Waals surface area (Å²) >= 11 is 0. The third kappa shape index (κ3) is 3.90. The zero-order valence-corrected chi connectivity index (χ0v) is 12.6. The lowest BCUT2D eigenvalue weighted by Crippen LogP contribution is -2.55. The van der Waals surface area contributed by atoms with Gasteiger partial charge in [-0.25, -0.2) is 0 Å². The molecule has 1 aliphatic heterocycles. The Kier molecular flexibility index (Phi) is 4.63. The standard InChI is InChI=1S/C18H23N3/c1-15-12-20-18(11-16-5-3-2-4-6-16)14-21(15)13-17-7-9-19-10-8-17/h2-10,15,18,20H,11-14H2,1H3. The number of hydrogen-bond donors (Lipinski definition) is 1. The van der Waals surface area contributed by atoms with Crippen LogP contribution in [-0.4, -0.2) is 35.1 Å². The minimum Gasteiger partial charge on any atom is -0.311 e. The Morgan fingerprint density at radius 2 is 1.86 bits per heavy atom. The molecule has 21 heavy (non-hydrogen) atoms. The minimum atomic E-state index is 0.533. The van der Waals surface area contributed by atoms with Crippen molar-refractivity contribution in [3.63, 3.8) is 0 Å². The molecule has 2 heterocycles. The van der Waals surface area contributed by atoms with Crippen molar-refractivity contribution in [2.75, 3.05) is 13.1 Å². The number of aromatic nitrogens is 1. The molecule has 2 aromatic rings. The van der Waals surface area contributed by atoms with E-state index in [0.717, 1.165) is 26.1 Å². The summed E-state index contributed by atoms with van der Waals surface area (Å²) in [5.74, 6) is 0. The fourth-order valence-corrected chi connectivity index (χ4v) is 2.97. The summed E-state index contributed by atoms with van der Waals surface area (Å²) in [6.07, 6.45) is 4.85. The Balaban J connectivity index is 1.62. The highest BCUT2D eigenvalue weighted by Gasteiger charge is 2.24. The van der Waals surface area contributed by atoms with Gasteiger partial charge in [-0.05, 0) is 36.6 Å². The second-order valence-electron chi connectivity index (χ2n) is 5.93. The van der Waals surface area contributed by atoms with E-state index >= 15 is 0 Å². The molecule has 0 radical (unpaired) electrons. The normalized spacial score (nSPS) is 23.1. The van der Waals surface area contributed by atoms with Crippen LogP contribution in [0, 0.1) is 0 Å². The highest BCUT2D eigenvalue weighted by atomic mass is 15.2. The Morgan fingerprint density at radius 3 is 2.62 bits per heavy atom. The van der Waals surface area contributed by atoms with Gasteiger partial charge in [-0.1, -0.05) is 30.3 Å². The summed E-state index contributed by atoms with van der Waals surface area (Å²) in [6.45, 7) is 5.46. The fraction of sp³-hybridized carbons (Fsp3) is 0.389. The van der Waals surface area contributed by atoms with E-state index in [0.29, 0.717) is 12.1 Å². The molecule has 0 saturated carbocycles. The Morgan fingerprint density at radius 1 is 1.10 bits per heavy atom. The molecule has 1 saturated heterocycles. The topological polar surface area (TPSA) is 28.2 Å².